The number of carbonyl (C=O) groups is 1. The zero-order valence-electron chi connectivity index (χ0n) is 15.7. The molecule has 27 heavy (non-hydrogen) atoms. The predicted octanol–water partition coefficient (Wildman–Crippen LogP) is 3.30. The van der Waals surface area contributed by atoms with Gasteiger partial charge in [0.2, 0.25) is 5.91 Å². The molecule has 144 valence electrons. The van der Waals surface area contributed by atoms with Gasteiger partial charge in [0.25, 0.3) is 0 Å². The van der Waals surface area contributed by atoms with Gasteiger partial charge < -0.3 is 14.8 Å². The molecular weight excluding hydrogens is 347 g/mol. The first kappa shape index (κ1) is 19.2. The number of halogens is 1. The van der Waals surface area contributed by atoms with E-state index in [4.69, 9.17) is 9.47 Å². The largest absolute Gasteiger partial charge is 0.497 e. The molecule has 1 N–H and O–H groups in total. The Balaban J connectivity index is 1.64. The lowest BCUT2D eigenvalue weighted by molar-refractivity contribution is -0.122. The lowest BCUT2D eigenvalue weighted by Gasteiger charge is -2.26. The number of nitrogens with zero attached hydrogens (tertiary/aromatic N) is 1. The minimum Gasteiger partial charge on any atom is -0.497 e. The first-order valence-electron chi connectivity index (χ1n) is 9.08. The van der Waals surface area contributed by atoms with Crippen molar-refractivity contribution < 1.29 is 18.7 Å². The van der Waals surface area contributed by atoms with Crippen LogP contribution in [0.15, 0.2) is 42.5 Å². The minimum atomic E-state index is -0.280. The summed E-state index contributed by atoms with van der Waals surface area (Å²) in [5, 5.41) is 2.91. The summed E-state index contributed by atoms with van der Waals surface area (Å²) < 4.78 is 23.8. The molecule has 0 aromatic heterocycles. The van der Waals surface area contributed by atoms with Crippen LogP contribution in [0.25, 0.3) is 0 Å². The topological polar surface area (TPSA) is 50.8 Å². The molecule has 2 aromatic carbocycles. The highest BCUT2D eigenvalue weighted by Gasteiger charge is 2.30. The second-order valence-electron chi connectivity index (χ2n) is 6.64. The van der Waals surface area contributed by atoms with Gasteiger partial charge in [0.05, 0.1) is 20.8 Å². The van der Waals surface area contributed by atoms with Crippen molar-refractivity contribution in [2.24, 2.45) is 0 Å². The smallest absolute Gasteiger partial charge is 0.234 e. The molecule has 1 aliphatic heterocycles. The van der Waals surface area contributed by atoms with Gasteiger partial charge in [0.1, 0.15) is 17.3 Å². The molecule has 1 aliphatic rings. The molecule has 0 saturated carbocycles. The molecule has 6 heteroatoms. The molecule has 1 heterocycles. The molecule has 1 amide bonds. The van der Waals surface area contributed by atoms with Gasteiger partial charge in [-0.15, -0.1) is 0 Å². The number of likely N-dealkylation sites (tertiary alicyclic amines) is 1. The second kappa shape index (κ2) is 8.86. The molecular formula is C21H25FN2O3. The fourth-order valence-corrected chi connectivity index (χ4v) is 3.51. The number of hydrogen-bond acceptors (Lipinski definition) is 4. The van der Waals surface area contributed by atoms with Crippen molar-refractivity contribution >= 4 is 5.91 Å². The predicted molar refractivity (Wildman–Crippen MR) is 101 cm³/mol. The van der Waals surface area contributed by atoms with Crippen LogP contribution in [0.4, 0.5) is 4.39 Å². The van der Waals surface area contributed by atoms with Gasteiger partial charge >= 0.3 is 0 Å². The summed E-state index contributed by atoms with van der Waals surface area (Å²) >= 11 is 0. The van der Waals surface area contributed by atoms with E-state index in [1.165, 1.54) is 12.1 Å². The van der Waals surface area contributed by atoms with Crippen molar-refractivity contribution in [1.82, 2.24) is 10.2 Å². The molecule has 0 unspecified atom stereocenters. The van der Waals surface area contributed by atoms with Crippen LogP contribution in [0.5, 0.6) is 11.5 Å². The fourth-order valence-electron chi connectivity index (χ4n) is 3.51. The molecule has 1 saturated heterocycles. The number of methoxy groups -OCH3 is 2. The van der Waals surface area contributed by atoms with Gasteiger partial charge in [-0.25, -0.2) is 4.39 Å². The van der Waals surface area contributed by atoms with Gasteiger partial charge in [-0.3, -0.25) is 9.69 Å². The number of carbonyl (C=O) groups excluding carboxylic acids is 1. The number of hydrogen-bond donors (Lipinski definition) is 1. The lowest BCUT2D eigenvalue weighted by atomic mass is 10.0. The molecule has 0 radical (unpaired) electrons. The van der Waals surface area contributed by atoms with Crippen LogP contribution < -0.4 is 14.8 Å². The number of benzene rings is 2. The van der Waals surface area contributed by atoms with Crippen molar-refractivity contribution in [3.63, 3.8) is 0 Å². The SMILES string of the molecule is COc1ccc(OC)c([C@@H]2CCCN2CC(=O)NCc2ccc(F)cc2)c1. The summed E-state index contributed by atoms with van der Waals surface area (Å²) in [6, 6.07) is 12.0. The van der Waals surface area contributed by atoms with E-state index in [0.29, 0.717) is 13.1 Å². The molecule has 0 bridgehead atoms. The van der Waals surface area contributed by atoms with Crippen LogP contribution in [0.2, 0.25) is 0 Å². The molecule has 0 aliphatic carbocycles. The van der Waals surface area contributed by atoms with Gasteiger partial charge in [0, 0.05) is 18.2 Å². The van der Waals surface area contributed by atoms with Gasteiger partial charge in [0.15, 0.2) is 0 Å². The molecule has 1 fully saturated rings. The number of rotatable bonds is 7. The van der Waals surface area contributed by atoms with Crippen molar-refractivity contribution in [3.05, 3.63) is 59.4 Å². The van der Waals surface area contributed by atoms with Crippen LogP contribution in [-0.2, 0) is 11.3 Å². The Labute approximate surface area is 159 Å². The van der Waals surface area contributed by atoms with Crippen molar-refractivity contribution in [2.45, 2.75) is 25.4 Å². The number of amides is 1. The average Bonchev–Trinajstić information content (AvgIpc) is 3.14. The summed E-state index contributed by atoms with van der Waals surface area (Å²) in [6.45, 7) is 1.56. The highest BCUT2D eigenvalue weighted by molar-refractivity contribution is 5.78. The quantitative estimate of drug-likeness (QED) is 0.810. The van der Waals surface area contributed by atoms with E-state index in [1.807, 2.05) is 18.2 Å². The van der Waals surface area contributed by atoms with Crippen molar-refractivity contribution in [3.8, 4) is 11.5 Å². The third kappa shape index (κ3) is 4.77. The third-order valence-corrected chi connectivity index (χ3v) is 4.91. The van der Waals surface area contributed by atoms with E-state index in [9.17, 15) is 9.18 Å². The highest BCUT2D eigenvalue weighted by atomic mass is 19.1. The average molecular weight is 372 g/mol. The van der Waals surface area contributed by atoms with E-state index in [1.54, 1.807) is 26.4 Å². The second-order valence-corrected chi connectivity index (χ2v) is 6.64. The summed E-state index contributed by atoms with van der Waals surface area (Å²) in [5.74, 6) is 1.25. The normalized spacial score (nSPS) is 16.9. The summed E-state index contributed by atoms with van der Waals surface area (Å²) in [6.07, 6.45) is 1.99. The van der Waals surface area contributed by atoms with Crippen molar-refractivity contribution in [1.29, 1.82) is 0 Å². The van der Waals surface area contributed by atoms with Crippen LogP contribution in [-0.4, -0.2) is 38.1 Å². The van der Waals surface area contributed by atoms with Gasteiger partial charge in [-0.1, -0.05) is 12.1 Å². The van der Waals surface area contributed by atoms with Gasteiger partial charge in [-0.05, 0) is 55.3 Å². The standard InChI is InChI=1S/C21H25FN2O3/c1-26-17-9-10-20(27-2)18(12-17)19-4-3-11-24(19)14-21(25)23-13-15-5-7-16(22)8-6-15/h5-10,12,19H,3-4,11,13-14H2,1-2H3,(H,23,25)/t19-/m0/s1. The minimum absolute atomic E-state index is 0.0481. The maximum absolute atomic E-state index is 13.0. The van der Waals surface area contributed by atoms with E-state index < -0.39 is 0 Å². The summed E-state index contributed by atoms with van der Waals surface area (Å²) in [5.41, 5.74) is 1.91. The zero-order chi connectivity index (χ0) is 19.2. The summed E-state index contributed by atoms with van der Waals surface area (Å²) in [4.78, 5) is 14.6. The monoisotopic (exact) mass is 372 g/mol. The van der Waals surface area contributed by atoms with Crippen LogP contribution >= 0.6 is 0 Å². The molecule has 1 atom stereocenters. The first-order valence-corrected chi connectivity index (χ1v) is 9.08. The number of ether oxygens (including phenoxy) is 2. The maximum Gasteiger partial charge on any atom is 0.234 e. The number of nitrogens with one attached hydrogen (secondary N) is 1. The van der Waals surface area contributed by atoms with E-state index in [0.717, 1.165) is 42.0 Å². The Morgan fingerprint density at radius 2 is 1.96 bits per heavy atom. The van der Waals surface area contributed by atoms with Crippen LogP contribution in [0, 0.1) is 5.82 Å². The van der Waals surface area contributed by atoms with Crippen LogP contribution in [0.3, 0.4) is 0 Å². The fraction of sp³-hybridized carbons (Fsp3) is 0.381. The molecule has 2 aromatic rings. The first-order chi connectivity index (χ1) is 13.1. The Bertz CT molecular complexity index is 779. The van der Waals surface area contributed by atoms with E-state index in [2.05, 4.69) is 10.2 Å². The Kier molecular flexibility index (Phi) is 6.29. The van der Waals surface area contributed by atoms with E-state index in [-0.39, 0.29) is 17.8 Å². The summed E-state index contributed by atoms with van der Waals surface area (Å²) in [7, 11) is 3.29. The zero-order valence-corrected chi connectivity index (χ0v) is 15.7. The van der Waals surface area contributed by atoms with Crippen LogP contribution in [0.1, 0.15) is 30.0 Å². The van der Waals surface area contributed by atoms with E-state index >= 15 is 0 Å². The van der Waals surface area contributed by atoms with Gasteiger partial charge in [-0.2, -0.15) is 0 Å². The highest BCUT2D eigenvalue weighted by Crippen LogP contribution is 2.38. The Morgan fingerprint density at radius 1 is 1.19 bits per heavy atom. The molecule has 0 spiro atoms. The maximum atomic E-state index is 13.0. The van der Waals surface area contributed by atoms with Crippen molar-refractivity contribution in [2.75, 3.05) is 27.3 Å². The Morgan fingerprint density at radius 3 is 2.67 bits per heavy atom. The Hall–Kier alpha value is -2.60. The third-order valence-electron chi connectivity index (χ3n) is 4.91. The lowest BCUT2D eigenvalue weighted by Crippen LogP contribution is -2.36. The molecule has 5 nitrogen and oxygen atoms in total. The molecule has 3 rings (SSSR count).